The SMILES string of the molecule is CC1(C)OB(c2ccc3cc(N)ccc3c2)OC1(C)C.CCCC(=O)c1cc(-c2ccc3cc(N)ccc3c2)cc(C(=O)CCC)n1.CCCC(=O)c1cc(Br)cc(C(=O)CCC)n1.O=S(=O)=O.O=S(=O)=O.O=S(=O)=O.O=S(=O)=O. The number of aromatic nitrogens is 2. The number of nitrogens with zero attached hydrogens (tertiary/aromatic N) is 2. The molecule has 1 aliphatic rings. The van der Waals surface area contributed by atoms with Crippen LogP contribution in [0.3, 0.4) is 0 Å². The number of nitrogens with two attached hydrogens (primary N) is 2. The first-order valence-electron chi connectivity index (χ1n) is 24.1. The number of hydrogen-bond donors (Lipinski definition) is 2. The quantitative estimate of drug-likeness (QED) is 0.0593. The minimum atomic E-state index is -3.11. The van der Waals surface area contributed by atoms with Crippen molar-refractivity contribution >= 4 is 127 Å². The van der Waals surface area contributed by atoms with Gasteiger partial charge in [0.2, 0.25) is 0 Å². The lowest BCUT2D eigenvalue weighted by atomic mass is 9.78. The molecule has 28 heteroatoms. The van der Waals surface area contributed by atoms with E-state index in [0.717, 1.165) is 79.7 Å². The molecule has 0 saturated carbocycles. The maximum Gasteiger partial charge on any atom is 0.494 e. The van der Waals surface area contributed by atoms with Crippen LogP contribution < -0.4 is 16.9 Å². The number of rotatable bonds is 14. The summed E-state index contributed by atoms with van der Waals surface area (Å²) in [4.78, 5) is 56.8. The molecule has 1 aliphatic heterocycles. The van der Waals surface area contributed by atoms with Crippen LogP contribution in [0.5, 0.6) is 0 Å². The molecule has 0 bridgehead atoms. The summed E-state index contributed by atoms with van der Waals surface area (Å²) >= 11 is 3.31. The summed E-state index contributed by atoms with van der Waals surface area (Å²) in [5, 5.41) is 4.38. The second kappa shape index (κ2) is 34.8. The molecule has 4 aromatic carbocycles. The Balaban J connectivity index is 0.000000537. The van der Waals surface area contributed by atoms with Gasteiger partial charge in [-0.1, -0.05) is 86.1 Å². The second-order valence-electron chi connectivity index (χ2n) is 18.0. The summed E-state index contributed by atoms with van der Waals surface area (Å²) in [6, 6.07) is 30.9. The summed E-state index contributed by atoms with van der Waals surface area (Å²) in [5.41, 5.74) is 16.8. The Hall–Kier alpha value is -7.08. The number of nitrogen functional groups attached to an aromatic ring is 2. The van der Waals surface area contributed by atoms with E-state index in [1.807, 2.05) is 88.4 Å². The Bertz CT molecular complexity index is 3420. The first-order chi connectivity index (χ1) is 37.3. The average molecular weight is 1250 g/mol. The topological polar surface area (TPSA) is 369 Å². The summed E-state index contributed by atoms with van der Waals surface area (Å²) in [5.74, 6) is -0.0874. The summed E-state index contributed by atoms with van der Waals surface area (Å²) in [6.45, 7) is 16.1. The molecule has 0 aliphatic carbocycles. The van der Waals surface area contributed by atoms with Crippen molar-refractivity contribution in [1.82, 2.24) is 9.97 Å². The van der Waals surface area contributed by atoms with Crippen LogP contribution in [-0.4, -0.2) is 102 Å². The van der Waals surface area contributed by atoms with E-state index in [4.69, 9.17) is 71.3 Å². The third-order valence-electron chi connectivity index (χ3n) is 11.3. The fourth-order valence-corrected chi connectivity index (χ4v) is 7.47. The van der Waals surface area contributed by atoms with Crippen molar-refractivity contribution in [2.24, 2.45) is 0 Å². The van der Waals surface area contributed by atoms with E-state index in [9.17, 15) is 19.2 Å². The van der Waals surface area contributed by atoms with Crippen molar-refractivity contribution in [1.29, 1.82) is 0 Å². The van der Waals surface area contributed by atoms with E-state index in [2.05, 4.69) is 65.7 Å². The summed E-state index contributed by atoms with van der Waals surface area (Å²) in [6.07, 6.45) is 4.84. The van der Waals surface area contributed by atoms with Crippen molar-refractivity contribution in [3.63, 3.8) is 0 Å². The Kier molecular flexibility index (Phi) is 30.9. The summed E-state index contributed by atoms with van der Waals surface area (Å²) in [7, 11) is -12.8. The first-order valence-corrected chi connectivity index (χ1v) is 28.9. The van der Waals surface area contributed by atoms with Crippen LogP contribution in [-0.2, 0) is 51.7 Å². The van der Waals surface area contributed by atoms with Gasteiger partial charge in [0.05, 0.1) is 11.2 Å². The fourth-order valence-electron chi connectivity index (χ4n) is 7.04. The number of anilines is 2. The zero-order chi connectivity index (χ0) is 61.1. The fraction of sp³-hybridized carbons (Fsp3) is 0.346. The van der Waals surface area contributed by atoms with Crippen LogP contribution in [0.15, 0.2) is 102 Å². The van der Waals surface area contributed by atoms with E-state index in [1.54, 1.807) is 24.3 Å². The maximum atomic E-state index is 12.4. The Labute approximate surface area is 478 Å². The van der Waals surface area contributed by atoms with Crippen LogP contribution in [0.25, 0.3) is 32.7 Å². The molecule has 7 rings (SSSR count). The predicted octanol–water partition coefficient (Wildman–Crippen LogP) is 7.96. The molecule has 80 heavy (non-hydrogen) atoms. The largest absolute Gasteiger partial charge is 0.494 e. The van der Waals surface area contributed by atoms with Gasteiger partial charge in [0.1, 0.15) is 22.8 Å². The molecular formula is C52H60BBrN4O18S4. The molecule has 1 saturated heterocycles. The lowest BCUT2D eigenvalue weighted by molar-refractivity contribution is 0.00578. The molecule has 1 fully saturated rings. The van der Waals surface area contributed by atoms with Crippen LogP contribution in [0, 0.1) is 0 Å². The van der Waals surface area contributed by atoms with Crippen LogP contribution >= 0.6 is 15.9 Å². The van der Waals surface area contributed by atoms with Gasteiger partial charge >= 0.3 is 49.6 Å². The molecule has 4 N–H and O–H groups in total. The monoisotopic (exact) mass is 1250 g/mol. The summed E-state index contributed by atoms with van der Waals surface area (Å²) < 4.78 is 114. The van der Waals surface area contributed by atoms with Gasteiger partial charge in [-0.3, -0.25) is 19.2 Å². The van der Waals surface area contributed by atoms with Gasteiger partial charge in [-0.25, -0.2) is 9.97 Å². The van der Waals surface area contributed by atoms with E-state index < -0.39 is 42.4 Å². The highest BCUT2D eigenvalue weighted by Crippen LogP contribution is 2.37. The second-order valence-corrected chi connectivity index (χ2v) is 20.5. The third kappa shape index (κ3) is 25.8. The lowest BCUT2D eigenvalue weighted by Crippen LogP contribution is -2.41. The molecule has 0 atom stereocenters. The van der Waals surface area contributed by atoms with Crippen molar-refractivity contribution in [3.8, 4) is 11.1 Å². The number of fused-ring (bicyclic) bond motifs is 2. The average Bonchev–Trinajstić information content (AvgIpc) is 3.58. The Morgan fingerprint density at radius 2 is 0.725 bits per heavy atom. The minimum Gasteiger partial charge on any atom is -0.399 e. The number of carbonyl (C=O) groups is 4. The molecule has 430 valence electrons. The minimum absolute atomic E-state index is 0.0145. The molecule has 0 spiro atoms. The predicted molar refractivity (Wildman–Crippen MR) is 303 cm³/mol. The van der Waals surface area contributed by atoms with Crippen molar-refractivity contribution in [3.05, 3.63) is 124 Å². The van der Waals surface area contributed by atoms with E-state index in [-0.39, 0.29) is 41.5 Å². The van der Waals surface area contributed by atoms with E-state index in [0.29, 0.717) is 48.5 Å². The number of benzene rings is 4. The van der Waals surface area contributed by atoms with E-state index in [1.165, 1.54) is 0 Å². The highest BCUT2D eigenvalue weighted by molar-refractivity contribution is 9.10. The lowest BCUT2D eigenvalue weighted by Gasteiger charge is -2.32. The Morgan fingerprint density at radius 3 is 1.06 bits per heavy atom. The van der Waals surface area contributed by atoms with Gasteiger partial charge < -0.3 is 20.8 Å². The van der Waals surface area contributed by atoms with E-state index >= 15 is 0 Å². The Morgan fingerprint density at radius 1 is 0.438 bits per heavy atom. The first kappa shape index (κ1) is 70.9. The highest BCUT2D eigenvalue weighted by atomic mass is 79.9. The number of Topliss-reactive ketones (excluding diaryl/α,β-unsaturated/α-hetero) is 4. The van der Waals surface area contributed by atoms with Crippen LogP contribution in [0.1, 0.15) is 149 Å². The van der Waals surface area contributed by atoms with Crippen LogP contribution in [0.4, 0.5) is 11.4 Å². The van der Waals surface area contributed by atoms with Crippen molar-refractivity contribution in [2.45, 2.75) is 118 Å². The molecule has 6 aromatic rings. The molecule has 0 radical (unpaired) electrons. The molecule has 2 aromatic heterocycles. The molecule has 22 nitrogen and oxygen atoms in total. The molecule has 0 amide bonds. The van der Waals surface area contributed by atoms with Crippen LogP contribution in [0.2, 0.25) is 0 Å². The third-order valence-corrected chi connectivity index (χ3v) is 11.7. The van der Waals surface area contributed by atoms with Gasteiger partial charge in [-0.05, 0) is 146 Å². The highest BCUT2D eigenvalue weighted by Gasteiger charge is 2.51. The van der Waals surface area contributed by atoms with Crippen molar-refractivity contribution < 1.29 is 79.0 Å². The normalized spacial score (nSPS) is 12.2. The van der Waals surface area contributed by atoms with Gasteiger partial charge in [0.15, 0.2) is 23.1 Å². The number of hydrogen-bond acceptors (Lipinski definition) is 22. The molecule has 0 unspecified atom stereocenters. The van der Waals surface area contributed by atoms with Gasteiger partial charge in [0.25, 0.3) is 0 Å². The standard InChI is InChI=1S/C23H24N2O2.C16H20BNO2.C13H16BrNO2.4O3S/c1-3-5-22(26)20-13-18(14-21(25-20)23(27)6-4-2)16-7-8-17-12-19(24)10-9-15(17)11-16;1-15(2)16(3,4)20-17(19-15)13-7-5-12-10-14(18)8-6-11(12)9-13;1-3-5-12(16)10-7-9(14)8-11(15-10)13(17)6-4-2;4*1-4(2)3/h7-14H,3-6,24H2,1-2H3;5-10H,18H2,1-4H3;7-8H,3-6H2,1-2H3;;;;. The van der Waals surface area contributed by atoms with Crippen molar-refractivity contribution in [2.75, 3.05) is 11.5 Å². The smallest absolute Gasteiger partial charge is 0.399 e. The van der Waals surface area contributed by atoms with Gasteiger partial charge in [-0.2, -0.15) is 0 Å². The number of pyridine rings is 2. The zero-order valence-electron chi connectivity index (χ0n) is 44.9. The maximum absolute atomic E-state index is 12.4. The zero-order valence-corrected chi connectivity index (χ0v) is 49.7. The van der Waals surface area contributed by atoms with Gasteiger partial charge in [0, 0.05) is 41.5 Å². The molecule has 3 heterocycles. The number of ketones is 4. The number of halogens is 1. The van der Waals surface area contributed by atoms with Gasteiger partial charge in [-0.15, -0.1) is 50.5 Å². The molecular weight excluding hydrogens is 1190 g/mol. The number of carbonyl (C=O) groups excluding carboxylic acids is 4.